The Balaban J connectivity index is 1.68. The van der Waals surface area contributed by atoms with E-state index in [1.807, 2.05) is 36.4 Å². The van der Waals surface area contributed by atoms with E-state index in [2.05, 4.69) is 10.3 Å². The van der Waals surface area contributed by atoms with Crippen LogP contribution in [0.4, 0.5) is 0 Å². The van der Waals surface area contributed by atoms with Crippen LogP contribution < -0.4 is 11.1 Å². The molecule has 108 valence electrons. The number of hydrogen-bond donors (Lipinski definition) is 2. The molecule has 1 amide bonds. The maximum Gasteiger partial charge on any atom is 0.252 e. The molecule has 1 atom stereocenters. The summed E-state index contributed by atoms with van der Waals surface area (Å²) in [4.78, 5) is 16.3. The monoisotopic (exact) mass is 281 g/mol. The molecule has 1 aliphatic rings. The summed E-state index contributed by atoms with van der Waals surface area (Å²) in [5, 5.41) is 2.89. The smallest absolute Gasteiger partial charge is 0.252 e. The summed E-state index contributed by atoms with van der Waals surface area (Å²) >= 11 is 0. The van der Waals surface area contributed by atoms with E-state index in [1.54, 1.807) is 12.4 Å². The lowest BCUT2D eigenvalue weighted by molar-refractivity contribution is 0.0950. The van der Waals surface area contributed by atoms with Crippen LogP contribution in [0.25, 0.3) is 11.1 Å². The fourth-order valence-electron chi connectivity index (χ4n) is 2.36. The van der Waals surface area contributed by atoms with Gasteiger partial charge in [-0.25, -0.2) is 0 Å². The summed E-state index contributed by atoms with van der Waals surface area (Å²) in [6.07, 6.45) is 5.72. The Kier molecular flexibility index (Phi) is 3.97. The van der Waals surface area contributed by atoms with Crippen molar-refractivity contribution in [3.8, 4) is 11.1 Å². The molecule has 1 unspecified atom stereocenters. The van der Waals surface area contributed by atoms with Gasteiger partial charge in [0.2, 0.25) is 0 Å². The quantitative estimate of drug-likeness (QED) is 0.883. The van der Waals surface area contributed by atoms with Crippen LogP contribution in [-0.2, 0) is 0 Å². The minimum atomic E-state index is -0.114. The Morgan fingerprint density at radius 2 is 2.00 bits per heavy atom. The normalized spacial score (nSPS) is 15.5. The molecule has 4 heteroatoms. The highest BCUT2D eigenvalue weighted by atomic mass is 16.1. The van der Waals surface area contributed by atoms with Crippen molar-refractivity contribution in [2.24, 2.45) is 11.7 Å². The first-order valence-electron chi connectivity index (χ1n) is 7.28. The summed E-state index contributed by atoms with van der Waals surface area (Å²) in [5.41, 5.74) is 8.55. The molecule has 0 spiro atoms. The molecule has 4 nitrogen and oxygen atoms in total. The molecule has 0 saturated heterocycles. The number of hydrogen-bond acceptors (Lipinski definition) is 3. The fraction of sp³-hybridized carbons (Fsp3) is 0.294. The van der Waals surface area contributed by atoms with Crippen LogP contribution in [0.1, 0.15) is 23.2 Å². The van der Waals surface area contributed by atoms with Gasteiger partial charge in [0.25, 0.3) is 5.91 Å². The average Bonchev–Trinajstić information content (AvgIpc) is 3.38. The van der Waals surface area contributed by atoms with Gasteiger partial charge in [-0.15, -0.1) is 0 Å². The minimum absolute atomic E-state index is 0.0687. The molecule has 3 rings (SSSR count). The molecular formula is C17H19N3O. The molecule has 1 aromatic carbocycles. The van der Waals surface area contributed by atoms with E-state index in [-0.39, 0.29) is 11.9 Å². The molecule has 1 saturated carbocycles. The number of amides is 1. The number of aromatic nitrogens is 1. The number of carbonyl (C=O) groups excluding carboxylic acids is 1. The van der Waals surface area contributed by atoms with Crippen LogP contribution in [0.15, 0.2) is 48.8 Å². The highest BCUT2D eigenvalue weighted by Gasteiger charge is 2.28. The Morgan fingerprint density at radius 1 is 1.24 bits per heavy atom. The largest absolute Gasteiger partial charge is 0.350 e. The number of carbonyl (C=O) groups is 1. The molecular weight excluding hydrogens is 262 g/mol. The van der Waals surface area contributed by atoms with Gasteiger partial charge in [-0.1, -0.05) is 30.3 Å². The van der Waals surface area contributed by atoms with E-state index in [1.165, 1.54) is 12.8 Å². The summed E-state index contributed by atoms with van der Waals surface area (Å²) in [6, 6.07) is 11.8. The lowest BCUT2D eigenvalue weighted by Crippen LogP contribution is -2.38. The minimum Gasteiger partial charge on any atom is -0.350 e. The second-order valence-electron chi connectivity index (χ2n) is 5.54. The number of rotatable bonds is 5. The van der Waals surface area contributed by atoms with Gasteiger partial charge in [0.1, 0.15) is 0 Å². The topological polar surface area (TPSA) is 68.0 Å². The van der Waals surface area contributed by atoms with Crippen molar-refractivity contribution >= 4 is 5.91 Å². The van der Waals surface area contributed by atoms with E-state index in [4.69, 9.17) is 5.73 Å². The zero-order valence-corrected chi connectivity index (χ0v) is 11.8. The van der Waals surface area contributed by atoms with Crippen molar-refractivity contribution in [1.29, 1.82) is 0 Å². The Hall–Kier alpha value is -2.20. The predicted octanol–water partition coefficient (Wildman–Crippen LogP) is 2.22. The molecule has 3 N–H and O–H groups in total. The van der Waals surface area contributed by atoms with Crippen LogP contribution in [0.5, 0.6) is 0 Å². The highest BCUT2D eigenvalue weighted by Crippen LogP contribution is 2.31. The molecule has 1 heterocycles. The number of nitrogens with one attached hydrogen (secondary N) is 1. The number of pyridine rings is 1. The van der Waals surface area contributed by atoms with Gasteiger partial charge in [-0.2, -0.15) is 0 Å². The van der Waals surface area contributed by atoms with Gasteiger partial charge >= 0.3 is 0 Å². The number of nitrogens with two attached hydrogens (primary N) is 1. The van der Waals surface area contributed by atoms with Crippen molar-refractivity contribution < 1.29 is 4.79 Å². The third-order valence-corrected chi connectivity index (χ3v) is 3.83. The zero-order chi connectivity index (χ0) is 14.7. The van der Waals surface area contributed by atoms with Gasteiger partial charge in [-0.05, 0) is 30.4 Å². The molecule has 21 heavy (non-hydrogen) atoms. The van der Waals surface area contributed by atoms with Gasteiger partial charge in [0.05, 0.1) is 5.56 Å². The molecule has 1 aliphatic carbocycles. The second kappa shape index (κ2) is 6.06. The maximum atomic E-state index is 12.2. The highest BCUT2D eigenvalue weighted by molar-refractivity contribution is 5.95. The van der Waals surface area contributed by atoms with Crippen LogP contribution in [-0.4, -0.2) is 23.5 Å². The van der Waals surface area contributed by atoms with Gasteiger partial charge in [-0.3, -0.25) is 9.78 Å². The molecule has 0 aliphatic heterocycles. The van der Waals surface area contributed by atoms with E-state index < -0.39 is 0 Å². The lowest BCUT2D eigenvalue weighted by Gasteiger charge is -2.11. The predicted molar refractivity (Wildman–Crippen MR) is 82.7 cm³/mol. The number of nitrogens with zero attached hydrogens (tertiary/aromatic N) is 1. The fourth-order valence-corrected chi connectivity index (χ4v) is 2.36. The second-order valence-corrected chi connectivity index (χ2v) is 5.54. The van der Waals surface area contributed by atoms with Crippen molar-refractivity contribution in [3.63, 3.8) is 0 Å². The molecule has 2 aromatic rings. The third-order valence-electron chi connectivity index (χ3n) is 3.83. The average molecular weight is 281 g/mol. The van der Waals surface area contributed by atoms with Gasteiger partial charge in [0, 0.05) is 30.5 Å². The lowest BCUT2D eigenvalue weighted by atomic mass is 10.1. The Morgan fingerprint density at radius 3 is 2.71 bits per heavy atom. The standard InChI is InChI=1S/C17H19N3O/c18-16(13-6-7-13)11-20-17(21)15-8-14(9-19-10-15)12-4-2-1-3-5-12/h1-5,8-10,13,16H,6-7,11,18H2,(H,20,21). The molecule has 1 aromatic heterocycles. The van der Waals surface area contributed by atoms with Crippen LogP contribution in [0.3, 0.4) is 0 Å². The Bertz CT molecular complexity index is 623. The first-order valence-corrected chi connectivity index (χ1v) is 7.28. The number of benzene rings is 1. The third kappa shape index (κ3) is 3.47. The summed E-state index contributed by atoms with van der Waals surface area (Å²) in [7, 11) is 0. The molecule has 0 radical (unpaired) electrons. The van der Waals surface area contributed by atoms with Crippen LogP contribution >= 0.6 is 0 Å². The van der Waals surface area contributed by atoms with Crippen molar-refractivity contribution in [3.05, 3.63) is 54.4 Å². The summed E-state index contributed by atoms with van der Waals surface area (Å²) in [6.45, 7) is 0.527. The first kappa shape index (κ1) is 13.8. The molecule has 1 fully saturated rings. The van der Waals surface area contributed by atoms with Crippen LogP contribution in [0.2, 0.25) is 0 Å². The van der Waals surface area contributed by atoms with Crippen LogP contribution in [0, 0.1) is 5.92 Å². The maximum absolute atomic E-state index is 12.2. The Labute approximate surface area is 124 Å². The van der Waals surface area contributed by atoms with Crippen molar-refractivity contribution in [2.75, 3.05) is 6.54 Å². The first-order chi connectivity index (χ1) is 10.2. The van der Waals surface area contributed by atoms with Crippen molar-refractivity contribution in [2.45, 2.75) is 18.9 Å². The van der Waals surface area contributed by atoms with Gasteiger partial charge < -0.3 is 11.1 Å². The summed E-state index contributed by atoms with van der Waals surface area (Å²) in [5.74, 6) is 0.468. The zero-order valence-electron chi connectivity index (χ0n) is 11.8. The van der Waals surface area contributed by atoms with Gasteiger partial charge in [0.15, 0.2) is 0 Å². The summed E-state index contributed by atoms with van der Waals surface area (Å²) < 4.78 is 0. The SMILES string of the molecule is NC(CNC(=O)c1cncc(-c2ccccc2)c1)C1CC1. The van der Waals surface area contributed by atoms with E-state index in [0.717, 1.165) is 11.1 Å². The molecule has 0 bridgehead atoms. The van der Waals surface area contributed by atoms with E-state index in [9.17, 15) is 4.79 Å². The van der Waals surface area contributed by atoms with Crippen molar-refractivity contribution in [1.82, 2.24) is 10.3 Å². The van der Waals surface area contributed by atoms with E-state index >= 15 is 0 Å². The van der Waals surface area contributed by atoms with E-state index in [0.29, 0.717) is 18.0 Å².